The number of nitrogens with zero attached hydrogens (tertiary/aromatic N) is 3. The van der Waals surface area contributed by atoms with Crippen LogP contribution in [-0.4, -0.2) is 65.3 Å². The number of rotatable bonds is 5. The summed E-state index contributed by atoms with van der Waals surface area (Å²) in [4.78, 5) is 32.2. The molecule has 2 aliphatic rings. The van der Waals surface area contributed by atoms with Crippen molar-refractivity contribution in [2.24, 2.45) is 11.8 Å². The van der Waals surface area contributed by atoms with Crippen LogP contribution in [0.3, 0.4) is 0 Å². The highest BCUT2D eigenvalue weighted by Gasteiger charge is 2.35. The maximum Gasteiger partial charge on any atom is 0.227 e. The number of likely N-dealkylation sites (tertiary alicyclic amines) is 1. The summed E-state index contributed by atoms with van der Waals surface area (Å²) in [6, 6.07) is 10.7. The van der Waals surface area contributed by atoms with Crippen molar-refractivity contribution in [1.29, 1.82) is 0 Å². The van der Waals surface area contributed by atoms with E-state index in [1.54, 1.807) is 0 Å². The summed E-state index contributed by atoms with van der Waals surface area (Å²) in [6.07, 6.45) is 2.69. The first kappa shape index (κ1) is 20.8. The van der Waals surface area contributed by atoms with Crippen LogP contribution in [0.1, 0.15) is 45.6 Å². The molecule has 3 atom stereocenters. The van der Waals surface area contributed by atoms with Crippen molar-refractivity contribution >= 4 is 11.8 Å². The standard InChI is InChI=1S/C23H35N3O2/c1-4-18(2)22(27)25-12-8-11-21(17-25)23(28)26-14-13-24(15-19(26)3)16-20-9-6-5-7-10-20/h5-7,9-10,18-19,21H,4,8,11-17H2,1-3H3. The zero-order valence-electron chi connectivity index (χ0n) is 17.6. The Kier molecular flexibility index (Phi) is 7.11. The lowest BCUT2D eigenvalue weighted by Crippen LogP contribution is -2.57. The highest BCUT2D eigenvalue weighted by atomic mass is 16.2. The normalized spacial score (nSPS) is 24.8. The lowest BCUT2D eigenvalue weighted by molar-refractivity contribution is -0.145. The summed E-state index contributed by atoms with van der Waals surface area (Å²) >= 11 is 0. The van der Waals surface area contributed by atoms with Crippen LogP contribution in [0.5, 0.6) is 0 Å². The van der Waals surface area contributed by atoms with Gasteiger partial charge in [-0.25, -0.2) is 0 Å². The molecule has 0 N–H and O–H groups in total. The fraction of sp³-hybridized carbons (Fsp3) is 0.652. The highest BCUT2D eigenvalue weighted by molar-refractivity contribution is 5.82. The Bertz CT molecular complexity index is 663. The molecule has 5 nitrogen and oxygen atoms in total. The van der Waals surface area contributed by atoms with Crippen LogP contribution < -0.4 is 0 Å². The molecule has 3 unspecified atom stereocenters. The van der Waals surface area contributed by atoms with Gasteiger partial charge in [-0.05, 0) is 31.7 Å². The van der Waals surface area contributed by atoms with Crippen molar-refractivity contribution in [2.75, 3.05) is 32.7 Å². The van der Waals surface area contributed by atoms with Crippen molar-refractivity contribution in [2.45, 2.75) is 52.6 Å². The summed E-state index contributed by atoms with van der Waals surface area (Å²) in [7, 11) is 0. The molecule has 2 saturated heterocycles. The predicted octanol–water partition coefficient (Wildman–Crippen LogP) is 3.00. The molecule has 2 fully saturated rings. The van der Waals surface area contributed by atoms with Gasteiger partial charge in [-0.1, -0.05) is 44.2 Å². The van der Waals surface area contributed by atoms with Crippen molar-refractivity contribution in [3.05, 3.63) is 35.9 Å². The maximum atomic E-state index is 13.2. The smallest absolute Gasteiger partial charge is 0.227 e. The largest absolute Gasteiger partial charge is 0.342 e. The Morgan fingerprint density at radius 2 is 1.86 bits per heavy atom. The number of piperazine rings is 1. The Morgan fingerprint density at radius 1 is 1.11 bits per heavy atom. The van der Waals surface area contributed by atoms with E-state index < -0.39 is 0 Å². The van der Waals surface area contributed by atoms with E-state index in [4.69, 9.17) is 0 Å². The van der Waals surface area contributed by atoms with E-state index in [0.29, 0.717) is 6.54 Å². The fourth-order valence-electron chi connectivity index (χ4n) is 4.45. The molecule has 5 heteroatoms. The van der Waals surface area contributed by atoms with Gasteiger partial charge in [0, 0.05) is 51.2 Å². The summed E-state index contributed by atoms with van der Waals surface area (Å²) in [6.45, 7) is 11.1. The van der Waals surface area contributed by atoms with E-state index in [1.807, 2.05) is 24.8 Å². The Balaban J connectivity index is 1.55. The van der Waals surface area contributed by atoms with Gasteiger partial charge in [0.05, 0.1) is 5.92 Å². The second-order valence-corrected chi connectivity index (χ2v) is 8.53. The topological polar surface area (TPSA) is 43.9 Å². The second-order valence-electron chi connectivity index (χ2n) is 8.53. The lowest BCUT2D eigenvalue weighted by atomic mass is 9.94. The third-order valence-corrected chi connectivity index (χ3v) is 6.36. The van der Waals surface area contributed by atoms with Gasteiger partial charge in [-0.15, -0.1) is 0 Å². The van der Waals surface area contributed by atoms with Crippen LogP contribution in [0.25, 0.3) is 0 Å². The summed E-state index contributed by atoms with van der Waals surface area (Å²) < 4.78 is 0. The van der Waals surface area contributed by atoms with Gasteiger partial charge in [0.2, 0.25) is 11.8 Å². The molecule has 3 rings (SSSR count). The molecule has 28 heavy (non-hydrogen) atoms. The van der Waals surface area contributed by atoms with Crippen molar-refractivity contribution in [3.8, 4) is 0 Å². The molecular weight excluding hydrogens is 350 g/mol. The van der Waals surface area contributed by atoms with Crippen molar-refractivity contribution < 1.29 is 9.59 Å². The molecule has 0 radical (unpaired) electrons. The predicted molar refractivity (Wildman–Crippen MR) is 112 cm³/mol. The Labute approximate surface area is 169 Å². The van der Waals surface area contributed by atoms with Gasteiger partial charge < -0.3 is 9.80 Å². The van der Waals surface area contributed by atoms with Crippen LogP contribution >= 0.6 is 0 Å². The summed E-state index contributed by atoms with van der Waals surface area (Å²) in [5.41, 5.74) is 1.32. The fourth-order valence-corrected chi connectivity index (χ4v) is 4.45. The minimum atomic E-state index is -0.0371. The Hall–Kier alpha value is -1.88. The van der Waals surface area contributed by atoms with Gasteiger partial charge in [0.1, 0.15) is 0 Å². The maximum absolute atomic E-state index is 13.2. The number of hydrogen-bond donors (Lipinski definition) is 0. The number of hydrogen-bond acceptors (Lipinski definition) is 3. The van der Waals surface area contributed by atoms with Gasteiger partial charge in [0.25, 0.3) is 0 Å². The van der Waals surface area contributed by atoms with Crippen molar-refractivity contribution in [1.82, 2.24) is 14.7 Å². The van der Waals surface area contributed by atoms with Crippen LogP contribution in [0.2, 0.25) is 0 Å². The third-order valence-electron chi connectivity index (χ3n) is 6.36. The molecule has 0 aromatic heterocycles. The van der Waals surface area contributed by atoms with Crippen LogP contribution in [0, 0.1) is 11.8 Å². The molecule has 0 spiro atoms. The molecule has 154 valence electrons. The van der Waals surface area contributed by atoms with Gasteiger partial charge >= 0.3 is 0 Å². The van der Waals surface area contributed by atoms with Crippen LogP contribution in [0.15, 0.2) is 30.3 Å². The van der Waals surface area contributed by atoms with E-state index in [2.05, 4.69) is 41.0 Å². The zero-order valence-corrected chi connectivity index (χ0v) is 17.6. The number of piperidine rings is 1. The van der Waals surface area contributed by atoms with E-state index in [-0.39, 0.29) is 29.7 Å². The first-order chi connectivity index (χ1) is 13.5. The number of carbonyl (C=O) groups excluding carboxylic acids is 2. The molecule has 1 aromatic rings. The monoisotopic (exact) mass is 385 g/mol. The van der Waals surface area contributed by atoms with Crippen LogP contribution in [0.4, 0.5) is 0 Å². The number of benzene rings is 1. The van der Waals surface area contributed by atoms with Crippen LogP contribution in [-0.2, 0) is 16.1 Å². The molecule has 1 aromatic carbocycles. The summed E-state index contributed by atoms with van der Waals surface area (Å²) in [5.74, 6) is 0.466. The first-order valence-electron chi connectivity index (χ1n) is 10.8. The van der Waals surface area contributed by atoms with E-state index >= 15 is 0 Å². The average molecular weight is 386 g/mol. The zero-order chi connectivity index (χ0) is 20.1. The molecule has 2 aliphatic heterocycles. The lowest BCUT2D eigenvalue weighted by Gasteiger charge is -2.43. The summed E-state index contributed by atoms with van der Waals surface area (Å²) in [5, 5.41) is 0. The molecule has 2 amide bonds. The third kappa shape index (κ3) is 4.93. The SMILES string of the molecule is CCC(C)C(=O)N1CCCC(C(=O)N2CCN(Cc3ccccc3)CC2C)C1. The van der Waals surface area contributed by atoms with Gasteiger partial charge in [0.15, 0.2) is 0 Å². The molecule has 0 bridgehead atoms. The van der Waals surface area contributed by atoms with Crippen molar-refractivity contribution in [3.63, 3.8) is 0 Å². The number of carbonyl (C=O) groups is 2. The Morgan fingerprint density at radius 3 is 2.54 bits per heavy atom. The molecule has 2 heterocycles. The van der Waals surface area contributed by atoms with Gasteiger partial charge in [-0.2, -0.15) is 0 Å². The number of amides is 2. The second kappa shape index (κ2) is 9.55. The average Bonchev–Trinajstić information content (AvgIpc) is 2.73. The van der Waals surface area contributed by atoms with E-state index in [0.717, 1.165) is 52.0 Å². The van der Waals surface area contributed by atoms with Gasteiger partial charge in [-0.3, -0.25) is 14.5 Å². The minimum absolute atomic E-state index is 0.0371. The quantitative estimate of drug-likeness (QED) is 0.783. The van der Waals surface area contributed by atoms with E-state index in [9.17, 15) is 9.59 Å². The first-order valence-corrected chi connectivity index (χ1v) is 10.8. The van der Waals surface area contributed by atoms with E-state index in [1.165, 1.54) is 5.56 Å². The molecule has 0 saturated carbocycles. The molecular formula is C23H35N3O2. The minimum Gasteiger partial charge on any atom is -0.342 e. The highest BCUT2D eigenvalue weighted by Crippen LogP contribution is 2.23. The molecule has 0 aliphatic carbocycles.